The molecule has 0 N–H and O–H groups in total. The van der Waals surface area contributed by atoms with Crippen LogP contribution in [0.5, 0.6) is 5.75 Å². The van der Waals surface area contributed by atoms with Crippen LogP contribution in [0.4, 0.5) is 0 Å². The van der Waals surface area contributed by atoms with Crippen molar-refractivity contribution in [3.8, 4) is 5.75 Å². The Morgan fingerprint density at radius 1 is 1.17 bits per heavy atom. The summed E-state index contributed by atoms with van der Waals surface area (Å²) in [7, 11) is 1.78. The lowest BCUT2D eigenvalue weighted by Crippen LogP contribution is -2.42. The molecule has 1 aromatic rings. The average molecular weight is 245 g/mol. The maximum Gasteiger partial charge on any atom is 0.122 e. The standard InChI is InChI=1S/C16H23NO/c1-18-16-7-5-6-13-12-14(8-9-15(13)16)17-10-3-2-4-11-17/h5-7,14H,2-4,8-12H2,1H3. The molecule has 2 aliphatic rings. The van der Waals surface area contributed by atoms with Crippen molar-refractivity contribution in [3.05, 3.63) is 29.3 Å². The molecule has 1 heterocycles. The Morgan fingerprint density at radius 3 is 2.78 bits per heavy atom. The minimum atomic E-state index is 0.768. The van der Waals surface area contributed by atoms with E-state index in [0.29, 0.717) is 0 Å². The van der Waals surface area contributed by atoms with Crippen molar-refractivity contribution in [2.75, 3.05) is 20.2 Å². The molecule has 98 valence electrons. The zero-order valence-corrected chi connectivity index (χ0v) is 11.3. The number of nitrogens with zero attached hydrogens (tertiary/aromatic N) is 1. The summed E-state index contributed by atoms with van der Waals surface area (Å²) in [5.41, 5.74) is 2.96. The third kappa shape index (κ3) is 2.26. The first-order valence-corrected chi connectivity index (χ1v) is 7.27. The van der Waals surface area contributed by atoms with Gasteiger partial charge in [-0.2, -0.15) is 0 Å². The second-order valence-electron chi connectivity index (χ2n) is 5.59. The molecule has 2 heteroatoms. The van der Waals surface area contributed by atoms with E-state index in [2.05, 4.69) is 23.1 Å². The summed E-state index contributed by atoms with van der Waals surface area (Å²) in [4.78, 5) is 2.71. The van der Waals surface area contributed by atoms with Crippen LogP contribution in [0.1, 0.15) is 36.8 Å². The van der Waals surface area contributed by atoms with Gasteiger partial charge in [-0.05, 0) is 62.4 Å². The molecule has 0 amide bonds. The van der Waals surface area contributed by atoms with Gasteiger partial charge in [0.25, 0.3) is 0 Å². The number of hydrogen-bond acceptors (Lipinski definition) is 2. The number of likely N-dealkylation sites (tertiary alicyclic amines) is 1. The Balaban J connectivity index is 1.76. The maximum absolute atomic E-state index is 5.48. The molecule has 0 aromatic heterocycles. The highest BCUT2D eigenvalue weighted by atomic mass is 16.5. The minimum Gasteiger partial charge on any atom is -0.496 e. The van der Waals surface area contributed by atoms with E-state index in [1.165, 1.54) is 62.7 Å². The SMILES string of the molecule is COc1cccc2c1CCC(N1CCCCC1)C2. The van der Waals surface area contributed by atoms with Crippen molar-refractivity contribution in [1.29, 1.82) is 0 Å². The molecule has 1 aromatic carbocycles. The van der Waals surface area contributed by atoms with Gasteiger partial charge in [0.15, 0.2) is 0 Å². The van der Waals surface area contributed by atoms with Gasteiger partial charge >= 0.3 is 0 Å². The monoisotopic (exact) mass is 245 g/mol. The molecular formula is C16H23NO. The number of benzene rings is 1. The molecule has 1 fully saturated rings. The predicted molar refractivity (Wildman–Crippen MR) is 74.2 cm³/mol. The van der Waals surface area contributed by atoms with Crippen LogP contribution in [-0.2, 0) is 12.8 Å². The highest BCUT2D eigenvalue weighted by molar-refractivity contribution is 5.42. The smallest absolute Gasteiger partial charge is 0.122 e. The Bertz CT molecular complexity index is 410. The fourth-order valence-corrected chi connectivity index (χ4v) is 3.54. The average Bonchev–Trinajstić information content (AvgIpc) is 2.47. The minimum absolute atomic E-state index is 0.768. The van der Waals surface area contributed by atoms with Crippen molar-refractivity contribution in [2.24, 2.45) is 0 Å². The van der Waals surface area contributed by atoms with E-state index < -0.39 is 0 Å². The summed E-state index contributed by atoms with van der Waals surface area (Å²) in [6.45, 7) is 2.62. The summed E-state index contributed by atoms with van der Waals surface area (Å²) >= 11 is 0. The van der Waals surface area contributed by atoms with Gasteiger partial charge in [0.2, 0.25) is 0 Å². The van der Waals surface area contributed by atoms with E-state index in [1.807, 2.05) is 0 Å². The molecule has 1 aliphatic carbocycles. The van der Waals surface area contributed by atoms with Gasteiger partial charge in [0, 0.05) is 6.04 Å². The largest absolute Gasteiger partial charge is 0.496 e. The molecule has 1 aliphatic heterocycles. The summed E-state index contributed by atoms with van der Waals surface area (Å²) in [5.74, 6) is 1.09. The summed E-state index contributed by atoms with van der Waals surface area (Å²) in [6, 6.07) is 7.29. The third-order valence-electron chi connectivity index (χ3n) is 4.54. The quantitative estimate of drug-likeness (QED) is 0.794. The third-order valence-corrected chi connectivity index (χ3v) is 4.54. The maximum atomic E-state index is 5.48. The first-order valence-electron chi connectivity index (χ1n) is 7.27. The zero-order valence-electron chi connectivity index (χ0n) is 11.3. The van der Waals surface area contributed by atoms with Crippen molar-refractivity contribution in [1.82, 2.24) is 4.90 Å². The van der Waals surface area contributed by atoms with E-state index in [1.54, 1.807) is 7.11 Å². The van der Waals surface area contributed by atoms with Crippen LogP contribution >= 0.6 is 0 Å². The van der Waals surface area contributed by atoms with E-state index in [0.717, 1.165) is 11.8 Å². The van der Waals surface area contributed by atoms with E-state index in [4.69, 9.17) is 4.74 Å². The molecule has 1 atom stereocenters. The van der Waals surface area contributed by atoms with Gasteiger partial charge in [-0.25, -0.2) is 0 Å². The normalized spacial score (nSPS) is 24.6. The van der Waals surface area contributed by atoms with E-state index >= 15 is 0 Å². The van der Waals surface area contributed by atoms with Crippen molar-refractivity contribution >= 4 is 0 Å². The van der Waals surface area contributed by atoms with Gasteiger partial charge in [-0.3, -0.25) is 0 Å². The summed E-state index contributed by atoms with van der Waals surface area (Å²) in [6.07, 6.45) is 7.90. The predicted octanol–water partition coefficient (Wildman–Crippen LogP) is 3.04. The van der Waals surface area contributed by atoms with Gasteiger partial charge in [-0.1, -0.05) is 18.6 Å². The van der Waals surface area contributed by atoms with Gasteiger partial charge in [0.05, 0.1) is 7.11 Å². The molecule has 0 radical (unpaired) electrons. The van der Waals surface area contributed by atoms with Crippen LogP contribution < -0.4 is 4.74 Å². The van der Waals surface area contributed by atoms with Crippen molar-refractivity contribution in [2.45, 2.75) is 44.6 Å². The molecule has 18 heavy (non-hydrogen) atoms. The Kier molecular flexibility index (Phi) is 3.55. The molecule has 0 bridgehead atoms. The van der Waals surface area contributed by atoms with E-state index in [-0.39, 0.29) is 0 Å². The van der Waals surface area contributed by atoms with Crippen molar-refractivity contribution < 1.29 is 4.74 Å². The summed E-state index contributed by atoms with van der Waals surface area (Å²) < 4.78 is 5.48. The highest BCUT2D eigenvalue weighted by Gasteiger charge is 2.26. The Morgan fingerprint density at radius 2 is 2.00 bits per heavy atom. The first kappa shape index (κ1) is 12.0. The topological polar surface area (TPSA) is 12.5 Å². The second-order valence-corrected chi connectivity index (χ2v) is 5.59. The van der Waals surface area contributed by atoms with Crippen LogP contribution in [0.25, 0.3) is 0 Å². The molecule has 1 unspecified atom stereocenters. The van der Waals surface area contributed by atoms with Gasteiger partial charge in [0.1, 0.15) is 5.75 Å². The number of piperidine rings is 1. The number of ether oxygens (including phenoxy) is 1. The van der Waals surface area contributed by atoms with E-state index in [9.17, 15) is 0 Å². The van der Waals surface area contributed by atoms with Crippen molar-refractivity contribution in [3.63, 3.8) is 0 Å². The molecule has 0 saturated carbocycles. The number of rotatable bonds is 2. The number of methoxy groups -OCH3 is 1. The number of fused-ring (bicyclic) bond motifs is 1. The van der Waals surface area contributed by atoms with Crippen LogP contribution in [0.2, 0.25) is 0 Å². The highest BCUT2D eigenvalue weighted by Crippen LogP contribution is 2.32. The molecule has 0 spiro atoms. The Hall–Kier alpha value is -1.02. The number of hydrogen-bond donors (Lipinski definition) is 0. The molecular weight excluding hydrogens is 222 g/mol. The molecule has 3 rings (SSSR count). The second kappa shape index (κ2) is 5.31. The van der Waals surface area contributed by atoms with Crippen LogP contribution in [0, 0.1) is 0 Å². The molecule has 2 nitrogen and oxygen atoms in total. The van der Waals surface area contributed by atoms with Gasteiger partial charge < -0.3 is 9.64 Å². The van der Waals surface area contributed by atoms with Crippen LogP contribution in [-0.4, -0.2) is 31.1 Å². The zero-order chi connectivity index (χ0) is 12.4. The van der Waals surface area contributed by atoms with Crippen LogP contribution in [0.15, 0.2) is 18.2 Å². The Labute approximate surface area is 110 Å². The lowest BCUT2D eigenvalue weighted by atomic mass is 9.86. The summed E-state index contributed by atoms with van der Waals surface area (Å²) in [5, 5.41) is 0. The van der Waals surface area contributed by atoms with Gasteiger partial charge in [-0.15, -0.1) is 0 Å². The molecule has 1 saturated heterocycles. The lowest BCUT2D eigenvalue weighted by molar-refractivity contribution is 0.149. The fraction of sp³-hybridized carbons (Fsp3) is 0.625. The first-order chi connectivity index (χ1) is 8.88. The van der Waals surface area contributed by atoms with Crippen LogP contribution in [0.3, 0.4) is 0 Å². The fourth-order valence-electron chi connectivity index (χ4n) is 3.54. The lowest BCUT2D eigenvalue weighted by Gasteiger charge is -2.37.